The van der Waals surface area contributed by atoms with Gasteiger partial charge in [-0.25, -0.2) is 0 Å². The zero-order valence-electron chi connectivity index (χ0n) is 16.9. The van der Waals surface area contributed by atoms with E-state index in [2.05, 4.69) is 26.0 Å². The van der Waals surface area contributed by atoms with Crippen molar-refractivity contribution < 1.29 is 14.2 Å². The maximum Gasteiger partial charge on any atom is 0.168 e. The molecule has 2 aromatic rings. The van der Waals surface area contributed by atoms with Crippen molar-refractivity contribution in [2.24, 2.45) is 5.92 Å². The first-order valence-electron chi connectivity index (χ1n) is 10.1. The van der Waals surface area contributed by atoms with Crippen LogP contribution in [0.25, 0.3) is 10.8 Å². The molecule has 0 bridgehead atoms. The van der Waals surface area contributed by atoms with Gasteiger partial charge in [0.05, 0.1) is 20.3 Å². The molecule has 0 spiro atoms. The van der Waals surface area contributed by atoms with E-state index in [-0.39, 0.29) is 0 Å². The van der Waals surface area contributed by atoms with Crippen LogP contribution in [-0.2, 0) is 0 Å². The lowest BCUT2D eigenvalue weighted by Gasteiger charge is -2.14. The number of unbranched alkanes of at least 4 members (excludes halogenated alkanes) is 5. The van der Waals surface area contributed by atoms with Crippen LogP contribution in [0.1, 0.15) is 52.4 Å². The average molecular weight is 393 g/mol. The second-order valence-electron chi connectivity index (χ2n) is 7.34. The van der Waals surface area contributed by atoms with E-state index < -0.39 is 0 Å². The van der Waals surface area contributed by atoms with Gasteiger partial charge >= 0.3 is 0 Å². The van der Waals surface area contributed by atoms with Gasteiger partial charge in [0.15, 0.2) is 11.5 Å². The maximum atomic E-state index is 6.00. The van der Waals surface area contributed by atoms with Crippen LogP contribution in [0.2, 0.25) is 0 Å². The maximum absolute atomic E-state index is 6.00. The first kappa shape index (κ1) is 21.7. The molecule has 0 heterocycles. The predicted octanol–water partition coefficient (Wildman–Crippen LogP) is 6.84. The molecule has 0 unspecified atom stereocenters. The Kier molecular flexibility index (Phi) is 9.61. The molecule has 0 aliphatic carbocycles. The molecule has 0 aliphatic rings. The molecule has 0 aromatic heterocycles. The monoisotopic (exact) mass is 392 g/mol. The molecule has 2 aromatic carbocycles. The highest BCUT2D eigenvalue weighted by Crippen LogP contribution is 2.37. The van der Waals surface area contributed by atoms with Crippen molar-refractivity contribution in [1.82, 2.24) is 0 Å². The molecule has 150 valence electrons. The Balaban J connectivity index is 1.92. The number of methoxy groups -OCH3 is 1. The molecule has 4 heteroatoms. The van der Waals surface area contributed by atoms with E-state index in [4.69, 9.17) is 25.8 Å². The quantitative estimate of drug-likeness (QED) is 0.276. The number of rotatable bonds is 13. The van der Waals surface area contributed by atoms with Crippen molar-refractivity contribution in [3.63, 3.8) is 0 Å². The van der Waals surface area contributed by atoms with Crippen molar-refractivity contribution in [2.45, 2.75) is 52.4 Å². The Morgan fingerprint density at radius 1 is 0.889 bits per heavy atom. The van der Waals surface area contributed by atoms with Crippen LogP contribution >= 0.6 is 11.6 Å². The Morgan fingerprint density at radius 3 is 2.33 bits per heavy atom. The smallest absolute Gasteiger partial charge is 0.168 e. The van der Waals surface area contributed by atoms with E-state index in [1.807, 2.05) is 18.2 Å². The summed E-state index contributed by atoms with van der Waals surface area (Å²) in [4.78, 5) is 0. The Bertz CT molecular complexity index is 685. The van der Waals surface area contributed by atoms with Gasteiger partial charge in [0.2, 0.25) is 0 Å². The second kappa shape index (κ2) is 12.0. The predicted molar refractivity (Wildman–Crippen MR) is 115 cm³/mol. The van der Waals surface area contributed by atoms with Gasteiger partial charge in [0.25, 0.3) is 0 Å². The van der Waals surface area contributed by atoms with Crippen molar-refractivity contribution in [3.05, 3.63) is 30.3 Å². The number of benzene rings is 2. The van der Waals surface area contributed by atoms with Gasteiger partial charge in [-0.2, -0.15) is 0 Å². The summed E-state index contributed by atoms with van der Waals surface area (Å²) in [6, 6.07) is 10.2. The van der Waals surface area contributed by atoms with Gasteiger partial charge in [-0.1, -0.05) is 45.6 Å². The largest absolute Gasteiger partial charge is 0.493 e. The second-order valence-corrected chi connectivity index (χ2v) is 7.72. The lowest BCUT2D eigenvalue weighted by molar-refractivity contribution is 0.271. The van der Waals surface area contributed by atoms with E-state index in [1.54, 1.807) is 7.11 Å². The first-order valence-corrected chi connectivity index (χ1v) is 10.6. The lowest BCUT2D eigenvalue weighted by atomic mass is 10.1. The van der Waals surface area contributed by atoms with Gasteiger partial charge < -0.3 is 14.2 Å². The van der Waals surface area contributed by atoms with Gasteiger partial charge in [-0.3, -0.25) is 0 Å². The molecule has 3 nitrogen and oxygen atoms in total. The van der Waals surface area contributed by atoms with Crippen molar-refractivity contribution in [3.8, 4) is 17.2 Å². The van der Waals surface area contributed by atoms with E-state index >= 15 is 0 Å². The van der Waals surface area contributed by atoms with Gasteiger partial charge in [-0.15, -0.1) is 11.6 Å². The van der Waals surface area contributed by atoms with Crippen LogP contribution in [0.15, 0.2) is 30.3 Å². The van der Waals surface area contributed by atoms with Crippen LogP contribution < -0.4 is 14.2 Å². The van der Waals surface area contributed by atoms with Crippen LogP contribution in [0.5, 0.6) is 17.2 Å². The standard InChI is InChI=1S/C23H33ClO3/c1-18(2)17-27-20-11-12-21-19(16-20)10-13-22(23(21)25-3)26-15-9-7-5-4-6-8-14-24/h10-13,16,18H,4-9,14-15,17H2,1-3H3. The Hall–Kier alpha value is -1.61. The molecule has 0 aliphatic heterocycles. The summed E-state index contributed by atoms with van der Waals surface area (Å²) in [5, 5.41) is 2.15. The fraction of sp³-hybridized carbons (Fsp3) is 0.565. The van der Waals surface area contributed by atoms with Crippen molar-refractivity contribution in [2.75, 3.05) is 26.2 Å². The first-order chi connectivity index (χ1) is 13.2. The van der Waals surface area contributed by atoms with Crippen LogP contribution in [0.3, 0.4) is 0 Å². The summed E-state index contributed by atoms with van der Waals surface area (Å²) in [7, 11) is 1.70. The minimum absolute atomic E-state index is 0.506. The highest BCUT2D eigenvalue weighted by Gasteiger charge is 2.10. The molecule has 0 radical (unpaired) electrons. The van der Waals surface area contributed by atoms with Crippen LogP contribution in [0.4, 0.5) is 0 Å². The van der Waals surface area contributed by atoms with Gasteiger partial charge in [0.1, 0.15) is 5.75 Å². The highest BCUT2D eigenvalue weighted by molar-refractivity contribution is 6.17. The summed E-state index contributed by atoms with van der Waals surface area (Å²) in [6.07, 6.45) is 7.10. The van der Waals surface area contributed by atoms with E-state index in [0.29, 0.717) is 12.5 Å². The number of hydrogen-bond donors (Lipinski definition) is 0. The zero-order chi connectivity index (χ0) is 19.5. The van der Waals surface area contributed by atoms with E-state index in [9.17, 15) is 0 Å². The number of halogens is 1. The summed E-state index contributed by atoms with van der Waals surface area (Å²) in [6.45, 7) is 5.73. The highest BCUT2D eigenvalue weighted by atomic mass is 35.5. The fourth-order valence-corrected chi connectivity index (χ4v) is 3.21. The molecule has 0 fully saturated rings. The Morgan fingerprint density at radius 2 is 1.63 bits per heavy atom. The third-order valence-corrected chi connectivity index (χ3v) is 4.75. The Labute approximate surface area is 169 Å². The summed E-state index contributed by atoms with van der Waals surface area (Å²) in [5.41, 5.74) is 0. The number of fused-ring (bicyclic) bond motifs is 1. The topological polar surface area (TPSA) is 27.7 Å². The molecule has 0 saturated carbocycles. The molecule has 2 rings (SSSR count). The summed E-state index contributed by atoms with van der Waals surface area (Å²) < 4.78 is 17.5. The van der Waals surface area contributed by atoms with E-state index in [1.165, 1.54) is 25.7 Å². The van der Waals surface area contributed by atoms with Crippen molar-refractivity contribution >= 4 is 22.4 Å². The third-order valence-electron chi connectivity index (χ3n) is 4.48. The molecular weight excluding hydrogens is 360 g/mol. The van der Waals surface area contributed by atoms with Gasteiger partial charge in [0, 0.05) is 11.3 Å². The number of hydrogen-bond acceptors (Lipinski definition) is 3. The van der Waals surface area contributed by atoms with E-state index in [0.717, 1.165) is 53.3 Å². The molecular formula is C23H33ClO3. The van der Waals surface area contributed by atoms with Crippen LogP contribution in [-0.4, -0.2) is 26.2 Å². The van der Waals surface area contributed by atoms with Crippen LogP contribution in [0, 0.1) is 5.92 Å². The molecule has 0 N–H and O–H groups in total. The number of alkyl halides is 1. The molecule has 0 amide bonds. The molecule has 27 heavy (non-hydrogen) atoms. The zero-order valence-corrected chi connectivity index (χ0v) is 17.7. The summed E-state index contributed by atoms with van der Waals surface area (Å²) in [5.74, 6) is 3.77. The minimum atomic E-state index is 0.506. The SMILES string of the molecule is COc1c(OCCCCCCCCCl)ccc2cc(OCC(C)C)ccc12. The fourth-order valence-electron chi connectivity index (χ4n) is 3.02. The molecule has 0 saturated heterocycles. The third kappa shape index (κ3) is 7.14. The molecule has 0 atom stereocenters. The van der Waals surface area contributed by atoms with Gasteiger partial charge in [-0.05, 0) is 48.4 Å². The summed E-state index contributed by atoms with van der Waals surface area (Å²) >= 11 is 5.70. The lowest BCUT2D eigenvalue weighted by Crippen LogP contribution is -2.04. The van der Waals surface area contributed by atoms with Crippen molar-refractivity contribution in [1.29, 1.82) is 0 Å². The average Bonchev–Trinajstić information content (AvgIpc) is 2.67. The number of ether oxygens (including phenoxy) is 3. The normalized spacial score (nSPS) is 11.1. The minimum Gasteiger partial charge on any atom is -0.493 e.